The minimum atomic E-state index is 0.0683. The van der Waals surface area contributed by atoms with E-state index in [9.17, 15) is 4.79 Å². The number of carbonyl (C=O) groups is 1. The lowest BCUT2D eigenvalue weighted by atomic mass is 9.96. The highest BCUT2D eigenvalue weighted by Gasteiger charge is 2.28. The SMILES string of the molecule is Cc1cn(C)c(C2CCCN(C(=O)c3cnn(C)c3)C2)n1. The first-order valence-corrected chi connectivity index (χ1v) is 7.32. The smallest absolute Gasteiger partial charge is 0.257 e. The summed E-state index contributed by atoms with van der Waals surface area (Å²) in [6.07, 6.45) is 7.55. The van der Waals surface area contributed by atoms with Crippen LogP contribution in [-0.2, 0) is 14.1 Å². The lowest BCUT2D eigenvalue weighted by Gasteiger charge is -2.32. The number of nitrogens with zero attached hydrogens (tertiary/aromatic N) is 5. The van der Waals surface area contributed by atoms with Crippen molar-refractivity contribution in [2.45, 2.75) is 25.7 Å². The second kappa shape index (κ2) is 5.35. The zero-order chi connectivity index (χ0) is 15.0. The Hall–Kier alpha value is -2.11. The van der Waals surface area contributed by atoms with Crippen LogP contribution < -0.4 is 0 Å². The van der Waals surface area contributed by atoms with Crippen LogP contribution in [0.15, 0.2) is 18.6 Å². The molecular formula is C15H21N5O. The van der Waals surface area contributed by atoms with Crippen molar-refractivity contribution in [1.82, 2.24) is 24.2 Å². The van der Waals surface area contributed by atoms with E-state index in [1.165, 1.54) is 0 Å². The minimum Gasteiger partial charge on any atom is -0.338 e. The molecule has 2 aromatic heterocycles. The van der Waals surface area contributed by atoms with Crippen molar-refractivity contribution in [3.63, 3.8) is 0 Å². The topological polar surface area (TPSA) is 56.0 Å². The fraction of sp³-hybridized carbons (Fsp3) is 0.533. The highest BCUT2D eigenvalue weighted by atomic mass is 16.2. The highest BCUT2D eigenvalue weighted by Crippen LogP contribution is 2.26. The summed E-state index contributed by atoms with van der Waals surface area (Å²) in [7, 11) is 3.85. The summed E-state index contributed by atoms with van der Waals surface area (Å²) in [5, 5.41) is 4.08. The zero-order valence-electron chi connectivity index (χ0n) is 12.8. The van der Waals surface area contributed by atoms with E-state index in [4.69, 9.17) is 0 Å². The molecule has 0 radical (unpaired) electrons. The molecule has 0 N–H and O–H groups in total. The van der Waals surface area contributed by atoms with Crippen molar-refractivity contribution in [2.75, 3.05) is 13.1 Å². The molecule has 6 heteroatoms. The minimum absolute atomic E-state index is 0.0683. The molecule has 1 aliphatic rings. The number of rotatable bonds is 2. The van der Waals surface area contributed by atoms with E-state index < -0.39 is 0 Å². The Morgan fingerprint density at radius 3 is 2.76 bits per heavy atom. The average Bonchev–Trinajstić information content (AvgIpc) is 3.04. The van der Waals surface area contributed by atoms with Crippen LogP contribution in [0.1, 0.15) is 40.6 Å². The number of hydrogen-bond donors (Lipinski definition) is 0. The summed E-state index contributed by atoms with van der Waals surface area (Å²) in [6, 6.07) is 0. The largest absolute Gasteiger partial charge is 0.338 e. The number of imidazole rings is 1. The van der Waals surface area contributed by atoms with Gasteiger partial charge in [-0.25, -0.2) is 4.98 Å². The van der Waals surface area contributed by atoms with E-state index in [-0.39, 0.29) is 5.91 Å². The van der Waals surface area contributed by atoms with Crippen LogP contribution in [0.4, 0.5) is 0 Å². The van der Waals surface area contributed by atoms with Crippen LogP contribution in [0.5, 0.6) is 0 Å². The highest BCUT2D eigenvalue weighted by molar-refractivity contribution is 5.93. The molecule has 2 aromatic rings. The molecule has 6 nitrogen and oxygen atoms in total. The summed E-state index contributed by atoms with van der Waals surface area (Å²) in [6.45, 7) is 3.55. The van der Waals surface area contributed by atoms with E-state index in [1.807, 2.05) is 32.1 Å². The quantitative estimate of drug-likeness (QED) is 0.840. The van der Waals surface area contributed by atoms with Crippen LogP contribution in [0.25, 0.3) is 0 Å². The molecule has 0 saturated carbocycles. The van der Waals surface area contributed by atoms with Gasteiger partial charge in [-0.1, -0.05) is 0 Å². The maximum absolute atomic E-state index is 12.5. The van der Waals surface area contributed by atoms with Crippen LogP contribution in [-0.4, -0.2) is 43.2 Å². The number of aromatic nitrogens is 4. The van der Waals surface area contributed by atoms with Gasteiger partial charge in [0, 0.05) is 45.5 Å². The number of likely N-dealkylation sites (tertiary alicyclic amines) is 1. The summed E-state index contributed by atoms with van der Waals surface area (Å²) in [5.74, 6) is 1.47. The van der Waals surface area contributed by atoms with Crippen LogP contribution in [0.2, 0.25) is 0 Å². The Morgan fingerprint density at radius 1 is 1.33 bits per heavy atom. The molecule has 0 aliphatic carbocycles. The standard InChI is InChI=1S/C15H21N5O/c1-11-8-18(2)14(17-11)12-5-4-6-20(10-12)15(21)13-7-16-19(3)9-13/h7-9,12H,4-6,10H2,1-3H3. The molecule has 0 aromatic carbocycles. The average molecular weight is 287 g/mol. The first-order chi connectivity index (χ1) is 10.0. The summed E-state index contributed by atoms with van der Waals surface area (Å²) >= 11 is 0. The molecule has 21 heavy (non-hydrogen) atoms. The molecule has 3 rings (SSSR count). The third-order valence-corrected chi connectivity index (χ3v) is 4.06. The molecule has 1 unspecified atom stereocenters. The summed E-state index contributed by atoms with van der Waals surface area (Å²) in [4.78, 5) is 19.1. The van der Waals surface area contributed by atoms with E-state index in [0.29, 0.717) is 11.5 Å². The Labute approximate surface area is 124 Å². The Kier molecular flexibility index (Phi) is 3.53. The van der Waals surface area contributed by atoms with Crippen LogP contribution in [0.3, 0.4) is 0 Å². The van der Waals surface area contributed by atoms with Gasteiger partial charge in [0.15, 0.2) is 0 Å². The van der Waals surface area contributed by atoms with Gasteiger partial charge in [0.25, 0.3) is 5.91 Å². The molecule has 1 saturated heterocycles. The second-order valence-electron chi connectivity index (χ2n) is 5.84. The predicted octanol–water partition coefficient (Wildman–Crippen LogP) is 1.48. The van der Waals surface area contributed by atoms with Gasteiger partial charge in [-0.3, -0.25) is 9.48 Å². The van der Waals surface area contributed by atoms with Crippen molar-refractivity contribution in [1.29, 1.82) is 0 Å². The Bertz CT molecular complexity index is 657. The number of aryl methyl sites for hydroxylation is 3. The Morgan fingerprint density at radius 2 is 2.14 bits per heavy atom. The predicted molar refractivity (Wildman–Crippen MR) is 79.0 cm³/mol. The summed E-state index contributed by atoms with van der Waals surface area (Å²) < 4.78 is 3.74. The van der Waals surface area contributed by atoms with Gasteiger partial charge in [-0.05, 0) is 19.8 Å². The van der Waals surface area contributed by atoms with Gasteiger partial charge >= 0.3 is 0 Å². The van der Waals surface area contributed by atoms with Crippen LogP contribution in [0, 0.1) is 6.92 Å². The maximum atomic E-state index is 12.5. The molecule has 0 spiro atoms. The second-order valence-corrected chi connectivity index (χ2v) is 5.84. The van der Waals surface area contributed by atoms with Crippen molar-refractivity contribution >= 4 is 5.91 Å². The zero-order valence-corrected chi connectivity index (χ0v) is 12.8. The first kappa shape index (κ1) is 13.9. The Balaban J connectivity index is 1.77. The van der Waals surface area contributed by atoms with Gasteiger partial charge in [0.2, 0.25) is 0 Å². The lowest BCUT2D eigenvalue weighted by molar-refractivity contribution is 0.0703. The number of piperidine rings is 1. The number of hydrogen-bond acceptors (Lipinski definition) is 3. The van der Waals surface area contributed by atoms with Crippen molar-refractivity contribution in [3.05, 3.63) is 35.7 Å². The van der Waals surface area contributed by atoms with Gasteiger partial charge in [0.05, 0.1) is 17.5 Å². The molecular weight excluding hydrogens is 266 g/mol. The molecule has 1 atom stereocenters. The number of amides is 1. The molecule has 1 fully saturated rings. The molecule has 1 amide bonds. The van der Waals surface area contributed by atoms with Crippen molar-refractivity contribution < 1.29 is 4.79 Å². The molecule has 112 valence electrons. The van der Waals surface area contributed by atoms with E-state index in [1.54, 1.807) is 17.1 Å². The fourth-order valence-electron chi connectivity index (χ4n) is 3.10. The fourth-order valence-corrected chi connectivity index (χ4v) is 3.10. The van der Waals surface area contributed by atoms with Gasteiger partial charge < -0.3 is 9.47 Å². The maximum Gasteiger partial charge on any atom is 0.257 e. The normalized spacial score (nSPS) is 19.0. The number of carbonyl (C=O) groups excluding carboxylic acids is 1. The van der Waals surface area contributed by atoms with Crippen LogP contribution >= 0.6 is 0 Å². The van der Waals surface area contributed by atoms with Gasteiger partial charge in [-0.15, -0.1) is 0 Å². The third kappa shape index (κ3) is 2.70. The summed E-state index contributed by atoms with van der Waals surface area (Å²) in [5.41, 5.74) is 1.69. The third-order valence-electron chi connectivity index (χ3n) is 4.06. The van der Waals surface area contributed by atoms with Crippen molar-refractivity contribution in [2.24, 2.45) is 14.1 Å². The molecule has 0 bridgehead atoms. The first-order valence-electron chi connectivity index (χ1n) is 7.32. The van der Waals surface area contributed by atoms with Gasteiger partial charge in [0.1, 0.15) is 5.82 Å². The van der Waals surface area contributed by atoms with E-state index in [0.717, 1.165) is 37.4 Å². The van der Waals surface area contributed by atoms with Gasteiger partial charge in [-0.2, -0.15) is 5.10 Å². The van der Waals surface area contributed by atoms with Crippen molar-refractivity contribution in [3.8, 4) is 0 Å². The molecule has 1 aliphatic heterocycles. The lowest BCUT2D eigenvalue weighted by Crippen LogP contribution is -2.39. The van der Waals surface area contributed by atoms with E-state index in [2.05, 4.69) is 14.6 Å². The van der Waals surface area contributed by atoms with E-state index >= 15 is 0 Å². The monoisotopic (exact) mass is 287 g/mol. The molecule has 3 heterocycles.